The van der Waals surface area contributed by atoms with Crippen molar-refractivity contribution >= 4 is 13.6 Å². The Balaban J connectivity index is 5.65. The molecular formula is C5H11N4O5P. The number of nitrogens with zero attached hydrogens (tertiary/aromatic N) is 2. The molecule has 0 saturated carbocycles. The van der Waals surface area contributed by atoms with Crippen molar-refractivity contribution in [1.82, 2.24) is 0 Å². The number of carbonyl (C=O) groups is 1. The van der Waals surface area contributed by atoms with E-state index >= 15 is 0 Å². The summed E-state index contributed by atoms with van der Waals surface area (Å²) < 4.78 is 25.0. The molecule has 0 aliphatic rings. The minimum atomic E-state index is -4.18. The van der Waals surface area contributed by atoms with Crippen LogP contribution in [0.25, 0.3) is 0 Å². The molecular weight excluding hydrogens is 227 g/mol. The average Bonchev–Trinajstić information content (AvgIpc) is 2.30. The van der Waals surface area contributed by atoms with Crippen molar-refractivity contribution in [2.45, 2.75) is 5.40 Å². The normalized spacial score (nSPS) is 15.1. The Kier molecular flexibility index (Phi) is 4.66. The van der Waals surface area contributed by atoms with Gasteiger partial charge in [-0.05, 0) is 0 Å². The smallest absolute Gasteiger partial charge is 0.395 e. The van der Waals surface area contributed by atoms with Crippen LogP contribution >= 0.6 is 7.60 Å². The van der Waals surface area contributed by atoms with Gasteiger partial charge in [-0.2, -0.15) is 0 Å². The number of nitrogens with one attached hydrogen (secondary N) is 2. The predicted octanol–water partition coefficient (Wildman–Crippen LogP) is 1.36. The molecule has 0 unspecified atom stereocenters. The van der Waals surface area contributed by atoms with E-state index in [-0.39, 0.29) is 0 Å². The Hall–Kier alpha value is -1.18. The van der Waals surface area contributed by atoms with Crippen LogP contribution in [0, 0.1) is 11.1 Å². The Morgan fingerprint density at radius 2 is 1.60 bits per heavy atom. The third-order valence-electron chi connectivity index (χ3n) is 1.63. The first-order valence-electron chi connectivity index (χ1n) is 3.55. The van der Waals surface area contributed by atoms with Crippen molar-refractivity contribution < 1.29 is 23.1 Å². The lowest BCUT2D eigenvalue weighted by Gasteiger charge is -2.25. The molecule has 10 heteroatoms. The largest absolute Gasteiger partial charge is 0.465 e. The monoisotopic (exact) mass is 238 g/mol. The predicted molar refractivity (Wildman–Crippen MR) is 46.7 cm³/mol. The fourth-order valence-electron chi connectivity index (χ4n) is 0.817. The van der Waals surface area contributed by atoms with Crippen molar-refractivity contribution in [3.63, 3.8) is 0 Å². The van der Waals surface area contributed by atoms with Crippen LogP contribution in [0.15, 0.2) is 10.2 Å². The topological polar surface area (TPSA) is 134 Å². The zero-order chi connectivity index (χ0) is 12.1. The van der Waals surface area contributed by atoms with E-state index in [1.807, 2.05) is 0 Å². The van der Waals surface area contributed by atoms with Crippen molar-refractivity contribution in [1.29, 1.82) is 11.1 Å². The van der Waals surface area contributed by atoms with Gasteiger partial charge in [-0.25, -0.2) is 15.9 Å². The van der Waals surface area contributed by atoms with Gasteiger partial charge >= 0.3 is 19.0 Å². The van der Waals surface area contributed by atoms with Crippen molar-refractivity contribution in [2.75, 3.05) is 21.3 Å². The number of methoxy groups -OCH3 is 1. The second kappa shape index (κ2) is 5.06. The summed E-state index contributed by atoms with van der Waals surface area (Å²) >= 11 is 0. The lowest BCUT2D eigenvalue weighted by Crippen LogP contribution is -2.35. The molecule has 2 N–H and O–H groups in total. The summed E-state index contributed by atoms with van der Waals surface area (Å²) in [6.07, 6.45) is 0. The standard InChI is InChI=1S/C5H11N4O5P/c1-12-4(10)5(8-6,9-7)15(11,13-2)14-3/h6-7H,1-3H3. The summed E-state index contributed by atoms with van der Waals surface area (Å²) in [5.41, 5.74) is 13.6. The fourth-order valence-corrected chi connectivity index (χ4v) is 2.03. The van der Waals surface area contributed by atoms with E-state index in [0.29, 0.717) is 0 Å². The SMILES string of the molecule is COC(=O)C(N=N)(N=N)P(=O)(OC)OC. The van der Waals surface area contributed by atoms with Gasteiger partial charge in [0.25, 0.3) is 0 Å². The molecule has 9 nitrogen and oxygen atoms in total. The minimum Gasteiger partial charge on any atom is -0.465 e. The highest BCUT2D eigenvalue weighted by molar-refractivity contribution is 7.56. The summed E-state index contributed by atoms with van der Waals surface area (Å²) in [6, 6.07) is 0. The van der Waals surface area contributed by atoms with E-state index in [1.165, 1.54) is 0 Å². The molecule has 0 bridgehead atoms. The van der Waals surface area contributed by atoms with Crippen LogP contribution in [-0.2, 0) is 23.1 Å². The molecule has 0 radical (unpaired) electrons. The molecule has 0 fully saturated rings. The highest BCUT2D eigenvalue weighted by atomic mass is 31.2. The number of carbonyl (C=O) groups excluding carboxylic acids is 1. The molecule has 0 aliphatic heterocycles. The van der Waals surface area contributed by atoms with Gasteiger partial charge in [0.2, 0.25) is 0 Å². The highest BCUT2D eigenvalue weighted by Crippen LogP contribution is 2.60. The third-order valence-corrected chi connectivity index (χ3v) is 3.74. The van der Waals surface area contributed by atoms with Crippen molar-refractivity contribution in [2.24, 2.45) is 10.2 Å². The van der Waals surface area contributed by atoms with E-state index < -0.39 is 19.0 Å². The summed E-state index contributed by atoms with van der Waals surface area (Å²) in [5.74, 6) is -1.26. The third kappa shape index (κ3) is 1.94. The van der Waals surface area contributed by atoms with E-state index in [4.69, 9.17) is 11.1 Å². The molecule has 0 spiro atoms. The van der Waals surface area contributed by atoms with Gasteiger partial charge in [0.05, 0.1) is 7.11 Å². The van der Waals surface area contributed by atoms with Gasteiger partial charge in [-0.15, -0.1) is 10.2 Å². The molecule has 0 amide bonds. The number of rotatable bonds is 6. The highest BCUT2D eigenvalue weighted by Gasteiger charge is 2.60. The Morgan fingerprint density at radius 3 is 1.80 bits per heavy atom. The van der Waals surface area contributed by atoms with Crippen LogP contribution in [0.2, 0.25) is 0 Å². The molecule has 0 aliphatic carbocycles. The number of hydrogen-bond acceptors (Lipinski definition) is 9. The Morgan fingerprint density at radius 1 is 1.20 bits per heavy atom. The lowest BCUT2D eigenvalue weighted by atomic mass is 10.5. The van der Waals surface area contributed by atoms with Crippen LogP contribution in [0.1, 0.15) is 0 Å². The number of esters is 1. The maximum Gasteiger partial charge on any atom is 0.395 e. The minimum absolute atomic E-state index is 0.975. The molecule has 0 heterocycles. The maximum atomic E-state index is 11.9. The van der Waals surface area contributed by atoms with Crippen molar-refractivity contribution in [3.05, 3.63) is 0 Å². The zero-order valence-electron chi connectivity index (χ0n) is 8.38. The summed E-state index contributed by atoms with van der Waals surface area (Å²) in [5, 5.41) is 2.84. The van der Waals surface area contributed by atoms with E-state index in [0.717, 1.165) is 21.3 Å². The van der Waals surface area contributed by atoms with Gasteiger partial charge in [0.1, 0.15) is 0 Å². The summed E-state index contributed by atoms with van der Waals surface area (Å²) in [7, 11) is -1.23. The van der Waals surface area contributed by atoms with Crippen LogP contribution < -0.4 is 0 Å². The van der Waals surface area contributed by atoms with Gasteiger partial charge < -0.3 is 13.8 Å². The molecule has 86 valence electrons. The van der Waals surface area contributed by atoms with Crippen LogP contribution in [0.4, 0.5) is 0 Å². The van der Waals surface area contributed by atoms with Crippen molar-refractivity contribution in [3.8, 4) is 0 Å². The zero-order valence-corrected chi connectivity index (χ0v) is 9.28. The quantitative estimate of drug-likeness (QED) is 0.409. The average molecular weight is 238 g/mol. The second-order valence-corrected chi connectivity index (χ2v) is 4.56. The van der Waals surface area contributed by atoms with Crippen LogP contribution in [0.5, 0.6) is 0 Å². The first-order valence-corrected chi connectivity index (χ1v) is 5.09. The molecule has 0 saturated heterocycles. The molecule has 15 heavy (non-hydrogen) atoms. The molecule has 0 atom stereocenters. The number of hydrogen-bond donors (Lipinski definition) is 2. The Bertz CT molecular complexity index is 303. The maximum absolute atomic E-state index is 11.9. The van der Waals surface area contributed by atoms with E-state index in [2.05, 4.69) is 24.0 Å². The first-order chi connectivity index (χ1) is 6.97. The summed E-state index contributed by atoms with van der Waals surface area (Å²) in [4.78, 5) is 11.3. The van der Waals surface area contributed by atoms with Crippen LogP contribution in [0.3, 0.4) is 0 Å². The van der Waals surface area contributed by atoms with Gasteiger partial charge in [-0.1, -0.05) is 0 Å². The first kappa shape index (κ1) is 13.8. The lowest BCUT2D eigenvalue weighted by molar-refractivity contribution is -0.144. The molecule has 0 aromatic heterocycles. The molecule has 0 aromatic carbocycles. The van der Waals surface area contributed by atoms with Gasteiger partial charge in [-0.3, -0.25) is 4.57 Å². The fraction of sp³-hybridized carbons (Fsp3) is 0.800. The molecule has 0 aromatic rings. The van der Waals surface area contributed by atoms with Gasteiger partial charge in [0.15, 0.2) is 0 Å². The van der Waals surface area contributed by atoms with Gasteiger partial charge in [0, 0.05) is 14.2 Å². The summed E-state index contributed by atoms with van der Waals surface area (Å²) in [6.45, 7) is 0. The van der Waals surface area contributed by atoms with E-state index in [1.54, 1.807) is 0 Å². The Labute approximate surface area is 85.6 Å². The van der Waals surface area contributed by atoms with E-state index in [9.17, 15) is 9.36 Å². The molecule has 0 rings (SSSR count). The number of ether oxygens (including phenoxy) is 1. The second-order valence-electron chi connectivity index (χ2n) is 2.21. The van der Waals surface area contributed by atoms with Crippen LogP contribution in [-0.4, -0.2) is 32.7 Å².